The molecule has 1 N–H and O–H groups in total. The molecule has 2 saturated heterocycles. The van der Waals surface area contributed by atoms with Gasteiger partial charge in [0.1, 0.15) is 11.5 Å². The topological polar surface area (TPSA) is 122 Å². The summed E-state index contributed by atoms with van der Waals surface area (Å²) < 4.78 is 91.3. The van der Waals surface area contributed by atoms with E-state index in [2.05, 4.69) is 0 Å². The third kappa shape index (κ3) is 5.93. The van der Waals surface area contributed by atoms with Crippen molar-refractivity contribution >= 4 is 68.2 Å². The van der Waals surface area contributed by atoms with Gasteiger partial charge in [-0.05, 0) is 86.0 Å². The van der Waals surface area contributed by atoms with Gasteiger partial charge >= 0.3 is 12.4 Å². The first-order valence-corrected chi connectivity index (χ1v) is 20.2. The van der Waals surface area contributed by atoms with Crippen LogP contribution in [0.3, 0.4) is 0 Å². The average Bonchev–Trinajstić information content (AvgIpc) is 3.87. The number of hydrogen-bond acceptors (Lipinski definition) is 8. The number of aromatic hydroxyl groups is 1. The van der Waals surface area contributed by atoms with Crippen LogP contribution in [0.15, 0.2) is 72.3 Å². The summed E-state index contributed by atoms with van der Waals surface area (Å²) in [5.74, 6) is -9.34. The molecule has 0 spiro atoms. The zero-order valence-corrected chi connectivity index (χ0v) is 34.1. The minimum atomic E-state index is -5.25. The predicted molar refractivity (Wildman–Crippen MR) is 212 cm³/mol. The summed E-state index contributed by atoms with van der Waals surface area (Å²) in [6, 6.07) is 12.3. The molecular formula is C43H33ClF6N4O6S. The van der Waals surface area contributed by atoms with Gasteiger partial charge in [-0.3, -0.25) is 23.9 Å². The number of phenolic OH excluding ortho intramolecular Hbond substituents is 1. The van der Waals surface area contributed by atoms with Crippen LogP contribution in [0.2, 0.25) is 5.02 Å². The predicted octanol–water partition coefficient (Wildman–Crippen LogP) is 9.45. The third-order valence-electron chi connectivity index (χ3n) is 12.9. The molecule has 2 aromatic heterocycles. The van der Waals surface area contributed by atoms with Gasteiger partial charge in [0.25, 0.3) is 0 Å². The summed E-state index contributed by atoms with van der Waals surface area (Å²) in [4.78, 5) is 60.8. The van der Waals surface area contributed by atoms with Crippen molar-refractivity contribution in [1.82, 2.24) is 9.78 Å². The first-order valence-electron chi connectivity index (χ1n) is 19.0. The van der Waals surface area contributed by atoms with Crippen molar-refractivity contribution in [2.24, 2.45) is 36.1 Å². The normalized spacial score (nSPS) is 25.3. The van der Waals surface area contributed by atoms with Gasteiger partial charge in [-0.25, -0.2) is 9.80 Å². The molecule has 61 heavy (non-hydrogen) atoms. The van der Waals surface area contributed by atoms with E-state index in [-0.39, 0.29) is 41.8 Å². The molecule has 1 saturated carbocycles. The molecule has 6 atom stereocenters. The largest absolute Gasteiger partial charge is 0.504 e. The molecule has 4 heterocycles. The Morgan fingerprint density at radius 3 is 2.25 bits per heavy atom. The molecule has 2 aliphatic carbocycles. The molecule has 4 aliphatic rings. The number of rotatable bonds is 5. The van der Waals surface area contributed by atoms with Crippen LogP contribution in [0.1, 0.15) is 47.9 Å². The lowest BCUT2D eigenvalue weighted by molar-refractivity contribution is -0.143. The molecule has 6 unspecified atom stereocenters. The molecule has 3 aromatic carbocycles. The highest BCUT2D eigenvalue weighted by Crippen LogP contribution is 2.65. The van der Waals surface area contributed by atoms with Gasteiger partial charge in [-0.15, -0.1) is 11.3 Å². The SMILES string of the molecule is COc1cccc(C2C3=CCC4C(=O)N(c5cc(C(F)(F)F)cc(C(F)(F)F)c5)C(=O)C4C3CC3C(=O)N(c4cc(-c5sc6ccc(Cl)cc6c5C)nn4C)C(=O)C32C)c1O. The van der Waals surface area contributed by atoms with Crippen molar-refractivity contribution in [2.75, 3.05) is 16.9 Å². The number of alkyl halides is 6. The van der Waals surface area contributed by atoms with Crippen LogP contribution in [0.5, 0.6) is 11.5 Å². The van der Waals surface area contributed by atoms with E-state index < -0.39 is 87.8 Å². The van der Waals surface area contributed by atoms with E-state index >= 15 is 4.79 Å². The number of anilines is 2. The number of halogens is 7. The molecule has 0 radical (unpaired) electrons. The highest BCUT2D eigenvalue weighted by Gasteiger charge is 2.68. The first kappa shape index (κ1) is 40.7. The van der Waals surface area contributed by atoms with Gasteiger partial charge < -0.3 is 9.84 Å². The molecule has 10 nitrogen and oxygen atoms in total. The first-order chi connectivity index (χ1) is 28.7. The van der Waals surface area contributed by atoms with E-state index in [9.17, 15) is 45.8 Å². The monoisotopic (exact) mass is 882 g/mol. The zero-order chi connectivity index (χ0) is 43.8. The Bertz CT molecular complexity index is 2760. The zero-order valence-electron chi connectivity index (χ0n) is 32.5. The number of carbonyl (C=O) groups excluding carboxylic acids is 4. The number of thiophene rings is 1. The van der Waals surface area contributed by atoms with Gasteiger partial charge in [0.2, 0.25) is 23.6 Å². The van der Waals surface area contributed by atoms with E-state index in [1.165, 1.54) is 29.2 Å². The van der Waals surface area contributed by atoms with Gasteiger partial charge in [-0.1, -0.05) is 35.4 Å². The van der Waals surface area contributed by atoms with E-state index in [4.69, 9.17) is 21.4 Å². The fraction of sp³-hybridized carbons (Fsp3) is 0.326. The van der Waals surface area contributed by atoms with Gasteiger partial charge in [0.15, 0.2) is 11.5 Å². The number of hydrogen-bond donors (Lipinski definition) is 1. The minimum absolute atomic E-state index is 0.0438. The van der Waals surface area contributed by atoms with Crippen LogP contribution in [0.25, 0.3) is 20.7 Å². The second-order valence-electron chi connectivity index (χ2n) is 16.0. The number of carbonyl (C=O) groups is 4. The summed E-state index contributed by atoms with van der Waals surface area (Å²) in [5, 5.41) is 17.8. The lowest BCUT2D eigenvalue weighted by Crippen LogP contribution is -2.49. The number of aromatic nitrogens is 2. The number of nitrogens with zero attached hydrogens (tertiary/aromatic N) is 4. The number of fused-ring (bicyclic) bond motifs is 5. The number of benzene rings is 3. The maximum atomic E-state index is 15.1. The third-order valence-corrected chi connectivity index (χ3v) is 14.4. The van der Waals surface area contributed by atoms with Crippen molar-refractivity contribution in [3.8, 4) is 22.1 Å². The van der Waals surface area contributed by atoms with Crippen molar-refractivity contribution in [2.45, 2.75) is 45.0 Å². The Morgan fingerprint density at radius 2 is 1.59 bits per heavy atom. The molecule has 4 amide bonds. The average molecular weight is 883 g/mol. The standard InChI is InChI=1S/C43H33ClF6N4O6S/c1-18-26-15-21(44)8-11-31(26)61-36(18)29-17-32(52(3)51-29)54-38(57)28-16-27-23(34(41(28,2)40(54)59)25-6-5-7-30(60-4)35(25)55)9-10-24-33(27)39(58)53(37(24)56)22-13-19(42(45,46)47)12-20(14-22)43(48,49)50/h5-9,11-15,17,24,27-28,33-34,55H,10,16H2,1-4H3. The van der Waals surface area contributed by atoms with Crippen LogP contribution >= 0.6 is 22.9 Å². The summed E-state index contributed by atoms with van der Waals surface area (Å²) >= 11 is 7.73. The van der Waals surface area contributed by atoms with Crippen molar-refractivity contribution in [3.05, 3.63) is 99.6 Å². The van der Waals surface area contributed by atoms with Crippen LogP contribution in [-0.2, 0) is 38.6 Å². The summed E-state index contributed by atoms with van der Waals surface area (Å²) in [5.41, 5.74) is -3.96. The number of aryl methyl sites for hydroxylation is 2. The molecule has 9 rings (SSSR count). The molecule has 5 aromatic rings. The second-order valence-corrected chi connectivity index (χ2v) is 17.5. The summed E-state index contributed by atoms with van der Waals surface area (Å²) in [7, 11) is 2.91. The van der Waals surface area contributed by atoms with Crippen LogP contribution < -0.4 is 14.5 Å². The number of para-hydroxylation sites is 1. The Labute approximate surface area is 351 Å². The lowest BCUT2D eigenvalue weighted by atomic mass is 9.51. The van der Waals surface area contributed by atoms with Crippen molar-refractivity contribution in [3.63, 3.8) is 0 Å². The van der Waals surface area contributed by atoms with Gasteiger partial charge in [0, 0.05) is 34.3 Å². The highest BCUT2D eigenvalue weighted by atomic mass is 35.5. The smallest absolute Gasteiger partial charge is 0.416 e. The Hall–Kier alpha value is -5.68. The number of phenols is 1. The van der Waals surface area contributed by atoms with Crippen LogP contribution in [0, 0.1) is 36.0 Å². The van der Waals surface area contributed by atoms with Crippen LogP contribution in [0.4, 0.5) is 37.8 Å². The molecule has 0 bridgehead atoms. The number of ether oxygens (including phenoxy) is 1. The second kappa shape index (κ2) is 13.7. The Kier molecular flexibility index (Phi) is 9.12. The van der Waals surface area contributed by atoms with Gasteiger partial charge in [0.05, 0.1) is 52.0 Å². The van der Waals surface area contributed by atoms with E-state index in [0.29, 0.717) is 33.3 Å². The van der Waals surface area contributed by atoms with Gasteiger partial charge in [-0.2, -0.15) is 31.4 Å². The molecule has 316 valence electrons. The maximum Gasteiger partial charge on any atom is 0.416 e. The number of amides is 4. The van der Waals surface area contributed by atoms with E-state index in [1.807, 2.05) is 19.1 Å². The van der Waals surface area contributed by atoms with E-state index in [1.54, 1.807) is 44.3 Å². The Balaban J connectivity index is 1.16. The van der Waals surface area contributed by atoms with Crippen molar-refractivity contribution in [1.29, 1.82) is 0 Å². The molecule has 3 fully saturated rings. The number of methoxy groups -OCH3 is 1. The summed E-state index contributed by atoms with van der Waals surface area (Å²) in [6.07, 6.45) is -9.21. The maximum absolute atomic E-state index is 15.1. The number of allylic oxidation sites excluding steroid dienone is 2. The quantitative estimate of drug-likeness (QED) is 0.106. The lowest BCUT2D eigenvalue weighted by Gasteiger charge is -2.49. The van der Waals surface area contributed by atoms with Crippen molar-refractivity contribution < 1.29 is 55.4 Å². The highest BCUT2D eigenvalue weighted by molar-refractivity contribution is 7.22. The van der Waals surface area contributed by atoms with E-state index in [0.717, 1.165) is 25.4 Å². The molecular weight excluding hydrogens is 850 g/mol. The fourth-order valence-electron chi connectivity index (χ4n) is 10.1. The molecule has 18 heteroatoms. The number of imide groups is 2. The fourth-order valence-corrected chi connectivity index (χ4v) is 11.4. The summed E-state index contributed by atoms with van der Waals surface area (Å²) in [6.45, 7) is 3.50. The molecule has 2 aliphatic heterocycles. The minimum Gasteiger partial charge on any atom is -0.504 e. The van der Waals surface area contributed by atoms with Crippen LogP contribution in [-0.4, -0.2) is 45.6 Å². The Morgan fingerprint density at radius 1 is 0.902 bits per heavy atom.